The summed E-state index contributed by atoms with van der Waals surface area (Å²) in [7, 11) is 0. The highest BCUT2D eigenvalue weighted by Crippen LogP contribution is 2.47. The van der Waals surface area contributed by atoms with Crippen LogP contribution in [0.4, 0.5) is 20.2 Å². The van der Waals surface area contributed by atoms with Crippen LogP contribution >= 0.6 is 11.8 Å². The molecule has 2 heterocycles. The van der Waals surface area contributed by atoms with Crippen molar-refractivity contribution < 1.29 is 13.6 Å². The molecule has 25 heavy (non-hydrogen) atoms. The van der Waals surface area contributed by atoms with Gasteiger partial charge in [-0.1, -0.05) is 0 Å². The Balaban J connectivity index is 1.25. The van der Waals surface area contributed by atoms with Crippen LogP contribution in [0, 0.1) is 23.0 Å². The average Bonchev–Trinajstić information content (AvgIpc) is 3.31. The lowest BCUT2D eigenvalue weighted by Gasteiger charge is -2.56. The summed E-state index contributed by atoms with van der Waals surface area (Å²) in [6.45, 7) is 2.65. The molecule has 4 nitrogen and oxygen atoms in total. The molecule has 2 saturated heterocycles. The van der Waals surface area contributed by atoms with Crippen molar-refractivity contribution in [3.05, 3.63) is 23.8 Å². The zero-order valence-corrected chi connectivity index (χ0v) is 14.9. The second-order valence-corrected chi connectivity index (χ2v) is 8.47. The fraction of sp³-hybridized carbons (Fsp3) is 0.611. The van der Waals surface area contributed by atoms with E-state index in [0.717, 1.165) is 43.9 Å². The van der Waals surface area contributed by atoms with Crippen LogP contribution in [-0.4, -0.2) is 43.6 Å². The fourth-order valence-electron chi connectivity index (χ4n) is 3.49. The highest BCUT2D eigenvalue weighted by Gasteiger charge is 2.49. The number of anilines is 2. The lowest BCUT2D eigenvalue weighted by atomic mass is 9.82. The number of hydrogen-bond acceptors (Lipinski definition) is 4. The van der Waals surface area contributed by atoms with Gasteiger partial charge < -0.3 is 15.5 Å². The summed E-state index contributed by atoms with van der Waals surface area (Å²) in [6, 6.07) is 2.73. The lowest BCUT2D eigenvalue weighted by Crippen LogP contribution is -2.63. The first-order valence-corrected chi connectivity index (χ1v) is 10.1. The molecule has 1 aromatic carbocycles. The zero-order valence-electron chi connectivity index (χ0n) is 14.1. The predicted octanol–water partition coefficient (Wildman–Crippen LogP) is 2.85. The highest BCUT2D eigenvalue weighted by molar-refractivity contribution is 8.00. The van der Waals surface area contributed by atoms with E-state index >= 15 is 0 Å². The molecule has 7 heteroatoms. The Kier molecular flexibility index (Phi) is 4.52. The van der Waals surface area contributed by atoms with E-state index in [0.29, 0.717) is 24.2 Å². The maximum absolute atomic E-state index is 14.3. The van der Waals surface area contributed by atoms with Crippen molar-refractivity contribution in [2.45, 2.75) is 19.3 Å². The summed E-state index contributed by atoms with van der Waals surface area (Å²) in [5, 5.41) is 5.91. The molecule has 0 aromatic heterocycles. The van der Waals surface area contributed by atoms with Crippen molar-refractivity contribution >= 4 is 29.0 Å². The molecular weight excluding hydrogens is 344 g/mol. The van der Waals surface area contributed by atoms with Crippen molar-refractivity contribution in [2.24, 2.45) is 11.3 Å². The first-order chi connectivity index (χ1) is 12.1. The summed E-state index contributed by atoms with van der Waals surface area (Å²) in [5.74, 6) is 1.52. The molecule has 0 unspecified atom stereocenters. The number of nitrogens with one attached hydrogen (secondary N) is 2. The summed E-state index contributed by atoms with van der Waals surface area (Å²) in [5.41, 5.74) is 0.845. The maximum atomic E-state index is 14.3. The largest absolute Gasteiger partial charge is 0.385 e. The van der Waals surface area contributed by atoms with Gasteiger partial charge in [-0.05, 0) is 31.4 Å². The zero-order chi connectivity index (χ0) is 17.4. The molecular formula is C18H23F2N3OS. The number of thioether (sulfide) groups is 1. The van der Waals surface area contributed by atoms with Gasteiger partial charge in [0.15, 0.2) is 11.6 Å². The van der Waals surface area contributed by atoms with Gasteiger partial charge in [-0.15, -0.1) is 0 Å². The van der Waals surface area contributed by atoms with Gasteiger partial charge in [-0.25, -0.2) is 8.78 Å². The van der Waals surface area contributed by atoms with Crippen LogP contribution in [-0.2, 0) is 4.79 Å². The Morgan fingerprint density at radius 1 is 1.20 bits per heavy atom. The Labute approximate surface area is 150 Å². The van der Waals surface area contributed by atoms with Crippen LogP contribution in [0.5, 0.6) is 0 Å². The SMILES string of the molecule is O=C(NCCCNc1cc(F)c(N2CC3(CSC3)C2)c(F)c1)C1CC1. The second-order valence-electron chi connectivity index (χ2n) is 7.48. The Morgan fingerprint density at radius 2 is 1.88 bits per heavy atom. The van der Waals surface area contributed by atoms with Crippen LogP contribution in [0.25, 0.3) is 0 Å². The summed E-state index contributed by atoms with van der Waals surface area (Å²) in [6.07, 6.45) is 2.70. The lowest BCUT2D eigenvalue weighted by molar-refractivity contribution is -0.122. The molecule has 1 amide bonds. The molecule has 0 atom stereocenters. The third kappa shape index (κ3) is 3.57. The Bertz CT molecular complexity index is 645. The van der Waals surface area contributed by atoms with E-state index in [4.69, 9.17) is 0 Å². The van der Waals surface area contributed by atoms with Crippen LogP contribution in [0.3, 0.4) is 0 Å². The molecule has 1 saturated carbocycles. The number of amides is 1. The van der Waals surface area contributed by atoms with Gasteiger partial charge in [0.05, 0.1) is 0 Å². The van der Waals surface area contributed by atoms with Gasteiger partial charge in [0, 0.05) is 54.7 Å². The van der Waals surface area contributed by atoms with Gasteiger partial charge in [0.25, 0.3) is 0 Å². The number of halogens is 2. The van der Waals surface area contributed by atoms with Crippen LogP contribution < -0.4 is 15.5 Å². The fourth-order valence-corrected chi connectivity index (χ4v) is 4.63. The van der Waals surface area contributed by atoms with E-state index < -0.39 is 11.6 Å². The quantitative estimate of drug-likeness (QED) is 0.728. The minimum absolute atomic E-state index is 0.102. The summed E-state index contributed by atoms with van der Waals surface area (Å²) < 4.78 is 28.7. The molecule has 0 radical (unpaired) electrons. The molecule has 1 aromatic rings. The van der Waals surface area contributed by atoms with Gasteiger partial charge in [-0.2, -0.15) is 11.8 Å². The van der Waals surface area contributed by atoms with E-state index in [9.17, 15) is 13.6 Å². The third-order valence-electron chi connectivity index (χ3n) is 5.13. The van der Waals surface area contributed by atoms with Crippen molar-refractivity contribution in [3.63, 3.8) is 0 Å². The number of carbonyl (C=O) groups excluding carboxylic acids is 1. The molecule has 3 aliphatic rings. The number of benzene rings is 1. The van der Waals surface area contributed by atoms with Crippen molar-refractivity contribution in [3.8, 4) is 0 Å². The minimum Gasteiger partial charge on any atom is -0.385 e. The Hall–Kier alpha value is -1.50. The van der Waals surface area contributed by atoms with E-state index in [2.05, 4.69) is 10.6 Å². The van der Waals surface area contributed by atoms with Crippen LogP contribution in [0.15, 0.2) is 12.1 Å². The molecule has 1 aliphatic carbocycles. The first kappa shape index (κ1) is 16.9. The number of rotatable bonds is 7. The normalized spacial score (nSPS) is 20.8. The maximum Gasteiger partial charge on any atom is 0.223 e. The molecule has 0 bridgehead atoms. The van der Waals surface area contributed by atoms with Gasteiger partial charge in [-0.3, -0.25) is 4.79 Å². The molecule has 136 valence electrons. The van der Waals surface area contributed by atoms with E-state index in [1.165, 1.54) is 12.1 Å². The standard InChI is InChI=1S/C18H23F2N3OS/c19-14-6-13(21-4-1-5-22-17(24)12-2-3-12)7-15(20)16(14)23-8-18(9-23)10-25-11-18/h6-7,12,21H,1-5,8-11H2,(H,22,24). The number of nitrogens with zero attached hydrogens (tertiary/aromatic N) is 1. The highest BCUT2D eigenvalue weighted by atomic mass is 32.2. The molecule has 3 fully saturated rings. The van der Waals surface area contributed by atoms with E-state index in [-0.39, 0.29) is 17.5 Å². The Morgan fingerprint density at radius 3 is 2.44 bits per heavy atom. The van der Waals surface area contributed by atoms with E-state index in [1.807, 2.05) is 16.7 Å². The monoisotopic (exact) mass is 367 g/mol. The predicted molar refractivity (Wildman–Crippen MR) is 97.2 cm³/mol. The van der Waals surface area contributed by atoms with Gasteiger partial charge >= 0.3 is 0 Å². The van der Waals surface area contributed by atoms with Crippen LogP contribution in [0.1, 0.15) is 19.3 Å². The molecule has 2 N–H and O–H groups in total. The number of carbonyl (C=O) groups is 1. The first-order valence-electron chi connectivity index (χ1n) is 8.90. The van der Waals surface area contributed by atoms with Gasteiger partial charge in [0.1, 0.15) is 5.69 Å². The van der Waals surface area contributed by atoms with E-state index in [1.54, 1.807) is 0 Å². The summed E-state index contributed by atoms with van der Waals surface area (Å²) in [4.78, 5) is 13.3. The van der Waals surface area contributed by atoms with Gasteiger partial charge in [0.2, 0.25) is 5.91 Å². The minimum atomic E-state index is -0.508. The van der Waals surface area contributed by atoms with Crippen molar-refractivity contribution in [2.75, 3.05) is 47.9 Å². The van der Waals surface area contributed by atoms with Crippen molar-refractivity contribution in [1.82, 2.24) is 5.32 Å². The second kappa shape index (κ2) is 6.67. The van der Waals surface area contributed by atoms with Crippen LogP contribution in [0.2, 0.25) is 0 Å². The third-order valence-corrected chi connectivity index (χ3v) is 6.77. The molecule has 2 aliphatic heterocycles. The topological polar surface area (TPSA) is 44.4 Å². The number of hydrogen-bond donors (Lipinski definition) is 2. The molecule has 1 spiro atoms. The smallest absolute Gasteiger partial charge is 0.223 e. The van der Waals surface area contributed by atoms with Crippen molar-refractivity contribution in [1.29, 1.82) is 0 Å². The summed E-state index contributed by atoms with van der Waals surface area (Å²) >= 11 is 1.90. The average molecular weight is 367 g/mol. The molecule has 4 rings (SSSR count).